The van der Waals surface area contributed by atoms with Crippen LogP contribution < -0.4 is 4.90 Å². The minimum atomic E-state index is -0.362. The van der Waals surface area contributed by atoms with Crippen LogP contribution in [0, 0.1) is 10.1 Å². The van der Waals surface area contributed by atoms with E-state index in [2.05, 4.69) is 9.97 Å². The van der Waals surface area contributed by atoms with Crippen LogP contribution in [0.1, 0.15) is 11.4 Å². The molecule has 6 heteroatoms. The Labute approximate surface area is 139 Å². The van der Waals surface area contributed by atoms with Crippen molar-refractivity contribution in [1.29, 1.82) is 0 Å². The highest BCUT2D eigenvalue weighted by molar-refractivity contribution is 5.63. The van der Waals surface area contributed by atoms with Gasteiger partial charge in [0.1, 0.15) is 5.69 Å². The molecule has 0 saturated heterocycles. The smallest absolute Gasteiger partial charge is 0.292 e. The SMILES string of the molecule is O=[N+]([O-])c1ccccc1N(Cc1ccccn1)Cc1ccccn1. The van der Waals surface area contributed by atoms with Gasteiger partial charge < -0.3 is 4.90 Å². The Morgan fingerprint density at radius 3 is 1.88 bits per heavy atom. The predicted octanol–water partition coefficient (Wildman–Crippen LogP) is 3.59. The molecule has 2 heterocycles. The monoisotopic (exact) mass is 320 g/mol. The van der Waals surface area contributed by atoms with Gasteiger partial charge in [-0.25, -0.2) is 0 Å². The van der Waals surface area contributed by atoms with Gasteiger partial charge in [-0.2, -0.15) is 0 Å². The van der Waals surface area contributed by atoms with Gasteiger partial charge in [0, 0.05) is 18.5 Å². The number of nitro benzene ring substituents is 1. The van der Waals surface area contributed by atoms with Gasteiger partial charge >= 0.3 is 0 Å². The molecule has 0 aliphatic rings. The number of benzene rings is 1. The lowest BCUT2D eigenvalue weighted by Crippen LogP contribution is -2.24. The van der Waals surface area contributed by atoms with Crippen LogP contribution in [0.15, 0.2) is 73.1 Å². The zero-order valence-electron chi connectivity index (χ0n) is 12.9. The highest BCUT2D eigenvalue weighted by Gasteiger charge is 2.19. The van der Waals surface area contributed by atoms with Crippen LogP contribution in [0.3, 0.4) is 0 Å². The molecule has 0 bridgehead atoms. The first-order valence-electron chi connectivity index (χ1n) is 7.52. The summed E-state index contributed by atoms with van der Waals surface area (Å²) in [5, 5.41) is 11.4. The van der Waals surface area contributed by atoms with E-state index < -0.39 is 0 Å². The quantitative estimate of drug-likeness (QED) is 0.512. The molecule has 24 heavy (non-hydrogen) atoms. The maximum Gasteiger partial charge on any atom is 0.292 e. The first-order valence-corrected chi connectivity index (χ1v) is 7.52. The minimum absolute atomic E-state index is 0.0735. The standard InChI is InChI=1S/C18H16N4O2/c23-22(24)18-10-2-1-9-17(18)21(13-15-7-3-5-11-19-15)14-16-8-4-6-12-20-16/h1-12H,13-14H2. The summed E-state index contributed by atoms with van der Waals surface area (Å²) in [7, 11) is 0. The van der Waals surface area contributed by atoms with E-state index in [1.54, 1.807) is 30.6 Å². The van der Waals surface area contributed by atoms with Crippen molar-refractivity contribution in [2.45, 2.75) is 13.1 Å². The van der Waals surface area contributed by atoms with Gasteiger partial charge in [0.25, 0.3) is 5.69 Å². The molecule has 0 spiro atoms. The molecule has 0 aliphatic heterocycles. The lowest BCUT2D eigenvalue weighted by Gasteiger charge is -2.24. The average Bonchev–Trinajstić information content (AvgIpc) is 2.63. The van der Waals surface area contributed by atoms with Gasteiger partial charge in [0.2, 0.25) is 0 Å². The lowest BCUT2D eigenvalue weighted by molar-refractivity contribution is -0.384. The van der Waals surface area contributed by atoms with E-state index in [0.717, 1.165) is 11.4 Å². The molecule has 0 radical (unpaired) electrons. The van der Waals surface area contributed by atoms with Gasteiger partial charge in [0.15, 0.2) is 0 Å². The predicted molar refractivity (Wildman–Crippen MR) is 91.5 cm³/mol. The van der Waals surface area contributed by atoms with Crippen LogP contribution in [-0.2, 0) is 13.1 Å². The van der Waals surface area contributed by atoms with E-state index in [1.807, 2.05) is 41.3 Å². The van der Waals surface area contributed by atoms with Gasteiger partial charge in [-0.1, -0.05) is 24.3 Å². The highest BCUT2D eigenvalue weighted by Crippen LogP contribution is 2.29. The van der Waals surface area contributed by atoms with Gasteiger partial charge in [-0.15, -0.1) is 0 Å². The van der Waals surface area contributed by atoms with E-state index in [9.17, 15) is 10.1 Å². The van der Waals surface area contributed by atoms with Crippen LogP contribution in [0.25, 0.3) is 0 Å². The largest absolute Gasteiger partial charge is 0.354 e. The van der Waals surface area contributed by atoms with Crippen molar-refractivity contribution in [3.8, 4) is 0 Å². The molecular formula is C18H16N4O2. The maximum atomic E-state index is 11.4. The number of aromatic nitrogens is 2. The maximum absolute atomic E-state index is 11.4. The van der Waals surface area contributed by atoms with Gasteiger partial charge in [-0.3, -0.25) is 20.1 Å². The minimum Gasteiger partial charge on any atom is -0.354 e. The molecule has 0 aliphatic carbocycles. The first kappa shape index (κ1) is 15.6. The summed E-state index contributed by atoms with van der Waals surface area (Å²) in [6.07, 6.45) is 3.43. The van der Waals surface area contributed by atoms with Crippen LogP contribution in [0.5, 0.6) is 0 Å². The summed E-state index contributed by atoms with van der Waals surface area (Å²) < 4.78 is 0. The number of hydrogen-bond donors (Lipinski definition) is 0. The lowest BCUT2D eigenvalue weighted by atomic mass is 10.2. The van der Waals surface area contributed by atoms with Crippen molar-refractivity contribution in [2.75, 3.05) is 4.90 Å². The van der Waals surface area contributed by atoms with Crippen molar-refractivity contribution in [1.82, 2.24) is 9.97 Å². The molecule has 0 N–H and O–H groups in total. The fourth-order valence-corrected chi connectivity index (χ4v) is 2.49. The molecule has 2 aromatic heterocycles. The molecule has 0 fully saturated rings. The van der Waals surface area contributed by atoms with Crippen molar-refractivity contribution in [3.05, 3.63) is 94.6 Å². The second-order valence-corrected chi connectivity index (χ2v) is 5.24. The molecule has 3 rings (SSSR count). The summed E-state index contributed by atoms with van der Waals surface area (Å²) in [5.74, 6) is 0. The van der Waals surface area contributed by atoms with E-state index in [0.29, 0.717) is 18.8 Å². The van der Waals surface area contributed by atoms with Crippen molar-refractivity contribution >= 4 is 11.4 Å². The Morgan fingerprint density at radius 1 is 0.833 bits per heavy atom. The van der Waals surface area contributed by atoms with Crippen LogP contribution in [-0.4, -0.2) is 14.9 Å². The Kier molecular flexibility index (Phi) is 4.76. The summed E-state index contributed by atoms with van der Waals surface area (Å²) >= 11 is 0. The third-order valence-electron chi connectivity index (χ3n) is 3.58. The summed E-state index contributed by atoms with van der Waals surface area (Å²) in [5.41, 5.74) is 2.31. The molecule has 3 aromatic rings. The molecule has 0 atom stereocenters. The fourth-order valence-electron chi connectivity index (χ4n) is 2.49. The van der Waals surface area contributed by atoms with E-state index >= 15 is 0 Å². The summed E-state index contributed by atoms with van der Waals surface area (Å²) in [6.45, 7) is 0.921. The average molecular weight is 320 g/mol. The number of para-hydroxylation sites is 2. The molecule has 0 unspecified atom stereocenters. The molecule has 6 nitrogen and oxygen atoms in total. The number of nitrogens with zero attached hydrogens (tertiary/aromatic N) is 4. The number of nitro groups is 1. The number of pyridine rings is 2. The molecule has 120 valence electrons. The highest BCUT2D eigenvalue weighted by atomic mass is 16.6. The van der Waals surface area contributed by atoms with Crippen molar-refractivity contribution in [3.63, 3.8) is 0 Å². The summed E-state index contributed by atoms with van der Waals surface area (Å²) in [6, 6.07) is 18.0. The van der Waals surface area contributed by atoms with Gasteiger partial charge in [-0.05, 0) is 30.3 Å². The van der Waals surface area contributed by atoms with Crippen molar-refractivity contribution in [2.24, 2.45) is 0 Å². The Hall–Kier alpha value is -3.28. The topological polar surface area (TPSA) is 72.2 Å². The molecule has 0 amide bonds. The third kappa shape index (κ3) is 3.73. The first-order chi connectivity index (χ1) is 11.7. The number of hydrogen-bond acceptors (Lipinski definition) is 5. The Bertz CT molecular complexity index is 768. The zero-order valence-corrected chi connectivity index (χ0v) is 12.9. The second-order valence-electron chi connectivity index (χ2n) is 5.24. The van der Waals surface area contributed by atoms with Gasteiger partial charge in [0.05, 0.1) is 29.4 Å². The number of rotatable bonds is 6. The molecule has 1 aromatic carbocycles. The Balaban J connectivity index is 1.97. The van der Waals surface area contributed by atoms with Crippen LogP contribution in [0.2, 0.25) is 0 Å². The Morgan fingerprint density at radius 2 is 1.38 bits per heavy atom. The van der Waals surface area contributed by atoms with E-state index in [-0.39, 0.29) is 10.6 Å². The molecule has 0 saturated carbocycles. The van der Waals surface area contributed by atoms with Crippen molar-refractivity contribution < 1.29 is 4.92 Å². The molecular weight excluding hydrogens is 304 g/mol. The normalized spacial score (nSPS) is 10.3. The summed E-state index contributed by atoms with van der Waals surface area (Å²) in [4.78, 5) is 21.6. The van der Waals surface area contributed by atoms with Crippen LogP contribution >= 0.6 is 0 Å². The van der Waals surface area contributed by atoms with E-state index in [1.165, 1.54) is 6.07 Å². The van der Waals surface area contributed by atoms with E-state index in [4.69, 9.17) is 0 Å². The third-order valence-corrected chi connectivity index (χ3v) is 3.58. The number of anilines is 1. The van der Waals surface area contributed by atoms with Crippen LogP contribution in [0.4, 0.5) is 11.4 Å². The fraction of sp³-hybridized carbons (Fsp3) is 0.111. The zero-order chi connectivity index (χ0) is 16.8. The second kappa shape index (κ2) is 7.32.